The van der Waals surface area contributed by atoms with Crippen LogP contribution < -0.4 is 10.9 Å². The second kappa shape index (κ2) is 6.44. The summed E-state index contributed by atoms with van der Waals surface area (Å²) >= 11 is 0. The Morgan fingerprint density at radius 1 is 1.40 bits per heavy atom. The zero-order chi connectivity index (χ0) is 17.2. The first-order valence-electron chi connectivity index (χ1n) is 7.98. The number of hydrogen-bond acceptors (Lipinski definition) is 6. The molecule has 128 valence electrons. The van der Waals surface area contributed by atoms with Gasteiger partial charge in [0.15, 0.2) is 5.82 Å². The maximum atomic E-state index is 12.4. The van der Waals surface area contributed by atoms with E-state index in [9.17, 15) is 9.59 Å². The lowest BCUT2D eigenvalue weighted by Crippen LogP contribution is -2.28. The van der Waals surface area contributed by atoms with Crippen molar-refractivity contribution in [1.82, 2.24) is 24.7 Å². The largest absolute Gasteiger partial charge is 0.370 e. The lowest BCUT2D eigenvalue weighted by atomic mass is 10.2. The quantitative estimate of drug-likeness (QED) is 0.732. The van der Waals surface area contributed by atoms with Gasteiger partial charge in [-0.15, -0.1) is 5.10 Å². The van der Waals surface area contributed by atoms with Gasteiger partial charge in [0, 0.05) is 6.61 Å². The van der Waals surface area contributed by atoms with Crippen LogP contribution in [0.15, 0.2) is 35.4 Å². The summed E-state index contributed by atoms with van der Waals surface area (Å²) < 4.78 is 6.76. The van der Waals surface area contributed by atoms with E-state index in [1.54, 1.807) is 24.3 Å². The summed E-state index contributed by atoms with van der Waals surface area (Å²) in [5.74, 6) is 0.353. The van der Waals surface area contributed by atoms with Crippen molar-refractivity contribution >= 4 is 22.8 Å². The molecule has 1 aromatic carbocycles. The van der Waals surface area contributed by atoms with E-state index in [1.807, 2.05) is 0 Å². The number of benzene rings is 1. The number of rotatable bonds is 4. The minimum absolute atomic E-state index is 0.106. The van der Waals surface area contributed by atoms with Crippen LogP contribution in [0.5, 0.6) is 0 Å². The second-order valence-corrected chi connectivity index (χ2v) is 5.79. The number of H-pyrrole nitrogens is 1. The Balaban J connectivity index is 1.47. The van der Waals surface area contributed by atoms with E-state index in [0.29, 0.717) is 23.3 Å². The molecule has 0 bridgehead atoms. The minimum Gasteiger partial charge on any atom is -0.370 e. The van der Waals surface area contributed by atoms with Crippen molar-refractivity contribution in [3.8, 4) is 0 Å². The van der Waals surface area contributed by atoms with Gasteiger partial charge in [0.05, 0.1) is 17.2 Å². The van der Waals surface area contributed by atoms with Crippen LogP contribution in [0, 0.1) is 0 Å². The first kappa shape index (κ1) is 15.5. The Kier molecular flexibility index (Phi) is 3.98. The Bertz CT molecular complexity index is 973. The number of nitrogens with zero attached hydrogens (tertiary/aromatic N) is 4. The Morgan fingerprint density at radius 3 is 3.12 bits per heavy atom. The number of aromatic amines is 1. The van der Waals surface area contributed by atoms with Gasteiger partial charge in [0.2, 0.25) is 11.9 Å². The van der Waals surface area contributed by atoms with E-state index in [2.05, 4.69) is 25.5 Å². The summed E-state index contributed by atoms with van der Waals surface area (Å²) in [6, 6.07) is 7.00. The SMILES string of the molecule is O=C(Cn1cnc2ccccc2c1=O)Nc1n[nH]c([C@H]2CCCO2)n1. The molecule has 2 aromatic heterocycles. The lowest BCUT2D eigenvalue weighted by Gasteiger charge is -2.06. The Hall–Kier alpha value is -3.07. The average Bonchev–Trinajstić information content (AvgIpc) is 3.29. The molecule has 1 saturated heterocycles. The summed E-state index contributed by atoms with van der Waals surface area (Å²) in [5.41, 5.74) is 0.329. The van der Waals surface area contributed by atoms with Crippen LogP contribution in [0.2, 0.25) is 0 Å². The third-order valence-electron chi connectivity index (χ3n) is 4.03. The molecule has 4 rings (SSSR count). The van der Waals surface area contributed by atoms with Gasteiger partial charge in [-0.1, -0.05) is 12.1 Å². The van der Waals surface area contributed by atoms with Crippen molar-refractivity contribution in [3.05, 3.63) is 46.8 Å². The Morgan fingerprint density at radius 2 is 2.28 bits per heavy atom. The van der Waals surface area contributed by atoms with Gasteiger partial charge in [0.1, 0.15) is 12.6 Å². The van der Waals surface area contributed by atoms with Crippen LogP contribution in [0.4, 0.5) is 5.95 Å². The third kappa shape index (κ3) is 3.13. The van der Waals surface area contributed by atoms with Crippen molar-refractivity contribution in [2.24, 2.45) is 0 Å². The summed E-state index contributed by atoms with van der Waals surface area (Å²) in [7, 11) is 0. The molecule has 1 atom stereocenters. The number of nitrogens with one attached hydrogen (secondary N) is 2. The van der Waals surface area contributed by atoms with Gasteiger partial charge in [-0.2, -0.15) is 4.98 Å². The molecule has 0 radical (unpaired) electrons. The van der Waals surface area contributed by atoms with Gasteiger partial charge in [-0.05, 0) is 25.0 Å². The monoisotopic (exact) mass is 340 g/mol. The van der Waals surface area contributed by atoms with Gasteiger partial charge >= 0.3 is 0 Å². The molecule has 0 spiro atoms. The zero-order valence-corrected chi connectivity index (χ0v) is 13.3. The van der Waals surface area contributed by atoms with E-state index < -0.39 is 5.91 Å². The van der Waals surface area contributed by atoms with Crippen LogP contribution in [-0.2, 0) is 16.1 Å². The molecule has 1 fully saturated rings. The van der Waals surface area contributed by atoms with E-state index >= 15 is 0 Å². The molecule has 25 heavy (non-hydrogen) atoms. The summed E-state index contributed by atoms with van der Waals surface area (Å²) in [6.45, 7) is 0.533. The molecule has 9 nitrogen and oxygen atoms in total. The molecule has 0 saturated carbocycles. The number of para-hydroxylation sites is 1. The van der Waals surface area contributed by atoms with E-state index in [1.165, 1.54) is 10.9 Å². The fraction of sp³-hybridized carbons (Fsp3) is 0.312. The molecule has 1 aliphatic heterocycles. The van der Waals surface area contributed by atoms with Gasteiger partial charge < -0.3 is 4.74 Å². The van der Waals surface area contributed by atoms with Crippen molar-refractivity contribution in [2.45, 2.75) is 25.5 Å². The molecule has 1 aliphatic rings. The number of aromatic nitrogens is 5. The van der Waals surface area contributed by atoms with Crippen molar-refractivity contribution in [1.29, 1.82) is 0 Å². The second-order valence-electron chi connectivity index (χ2n) is 5.79. The predicted octanol–water partition coefficient (Wildman–Crippen LogP) is 1.00. The van der Waals surface area contributed by atoms with Crippen molar-refractivity contribution in [2.75, 3.05) is 11.9 Å². The zero-order valence-electron chi connectivity index (χ0n) is 13.3. The highest BCUT2D eigenvalue weighted by Gasteiger charge is 2.21. The highest BCUT2D eigenvalue weighted by molar-refractivity contribution is 5.89. The first-order valence-corrected chi connectivity index (χ1v) is 7.98. The highest BCUT2D eigenvalue weighted by atomic mass is 16.5. The van der Waals surface area contributed by atoms with Crippen LogP contribution in [0.25, 0.3) is 10.9 Å². The van der Waals surface area contributed by atoms with Gasteiger partial charge in [0.25, 0.3) is 5.56 Å². The Labute approximate surface area is 142 Å². The normalized spacial score (nSPS) is 17.0. The van der Waals surface area contributed by atoms with E-state index in [-0.39, 0.29) is 24.2 Å². The average molecular weight is 340 g/mol. The molecule has 9 heteroatoms. The number of amides is 1. The fourth-order valence-corrected chi connectivity index (χ4v) is 2.81. The van der Waals surface area contributed by atoms with Gasteiger partial charge in [-0.3, -0.25) is 24.6 Å². The molecular weight excluding hydrogens is 324 g/mol. The standard InChI is InChI=1S/C16H16N6O3/c23-13(18-16-19-14(20-21-16)12-6-3-7-25-12)8-22-9-17-11-5-2-1-4-10(11)15(22)24/h1-2,4-5,9,12H,3,6-8H2,(H2,18,19,20,21,23)/t12-/m1/s1. The molecule has 2 N–H and O–H groups in total. The van der Waals surface area contributed by atoms with Crippen molar-refractivity contribution in [3.63, 3.8) is 0 Å². The molecule has 1 amide bonds. The number of carbonyl (C=O) groups excluding carboxylic acids is 1. The molecular formula is C16H16N6O3. The smallest absolute Gasteiger partial charge is 0.261 e. The number of ether oxygens (including phenoxy) is 1. The number of carbonyl (C=O) groups is 1. The van der Waals surface area contributed by atoms with E-state index in [4.69, 9.17) is 4.74 Å². The van der Waals surface area contributed by atoms with Crippen LogP contribution in [0.1, 0.15) is 24.8 Å². The summed E-state index contributed by atoms with van der Waals surface area (Å²) in [4.78, 5) is 33.0. The van der Waals surface area contributed by atoms with E-state index in [0.717, 1.165) is 12.8 Å². The van der Waals surface area contributed by atoms with Crippen LogP contribution in [-0.4, -0.2) is 37.2 Å². The minimum atomic E-state index is -0.405. The van der Waals surface area contributed by atoms with Crippen LogP contribution >= 0.6 is 0 Å². The maximum Gasteiger partial charge on any atom is 0.261 e. The summed E-state index contributed by atoms with van der Waals surface area (Å²) in [5, 5.41) is 9.78. The topological polar surface area (TPSA) is 115 Å². The molecule has 0 unspecified atom stereocenters. The predicted molar refractivity (Wildman–Crippen MR) is 88.9 cm³/mol. The summed E-state index contributed by atoms with van der Waals surface area (Å²) in [6.07, 6.45) is 3.11. The number of hydrogen-bond donors (Lipinski definition) is 2. The fourth-order valence-electron chi connectivity index (χ4n) is 2.81. The van der Waals surface area contributed by atoms with Crippen molar-refractivity contribution < 1.29 is 9.53 Å². The maximum absolute atomic E-state index is 12.4. The van der Waals surface area contributed by atoms with Crippen LogP contribution in [0.3, 0.4) is 0 Å². The number of fused-ring (bicyclic) bond motifs is 1. The van der Waals surface area contributed by atoms with Gasteiger partial charge in [-0.25, -0.2) is 4.98 Å². The number of anilines is 1. The molecule has 3 aromatic rings. The first-order chi connectivity index (χ1) is 12.2. The molecule has 3 heterocycles. The lowest BCUT2D eigenvalue weighted by molar-refractivity contribution is -0.116. The molecule has 0 aliphatic carbocycles. The highest BCUT2D eigenvalue weighted by Crippen LogP contribution is 2.25. The third-order valence-corrected chi connectivity index (χ3v) is 4.03.